The van der Waals surface area contributed by atoms with Gasteiger partial charge in [-0.1, -0.05) is 13.8 Å². The second kappa shape index (κ2) is 10.0. The SMILES string of the molecule is C[C@@H]1C[C@H](n2cnc3c(=O)[nH]c(N)nc32)O[C@@H]1CO.C[C@@H]1C[C@H](n2cnc3c(N)ncnc32)O[C@@H]1CO. The van der Waals surface area contributed by atoms with Gasteiger partial charge in [-0.3, -0.25) is 18.9 Å². The molecule has 0 radical (unpaired) electrons. The van der Waals surface area contributed by atoms with Crippen molar-refractivity contribution in [3.63, 3.8) is 0 Å². The molecule has 37 heavy (non-hydrogen) atoms. The fourth-order valence-corrected chi connectivity index (χ4v) is 4.76. The van der Waals surface area contributed by atoms with Gasteiger partial charge in [-0.05, 0) is 24.7 Å². The molecule has 0 unspecified atom stereocenters. The van der Waals surface area contributed by atoms with E-state index in [9.17, 15) is 15.0 Å². The van der Waals surface area contributed by atoms with Crippen LogP contribution in [-0.2, 0) is 9.47 Å². The maximum absolute atomic E-state index is 11.7. The van der Waals surface area contributed by atoms with E-state index in [4.69, 9.17) is 20.9 Å². The van der Waals surface area contributed by atoms with Crippen LogP contribution in [0.5, 0.6) is 0 Å². The van der Waals surface area contributed by atoms with Crippen LogP contribution in [0, 0.1) is 11.8 Å². The maximum Gasteiger partial charge on any atom is 0.280 e. The number of fused-ring (bicyclic) bond motifs is 2. The molecule has 0 aliphatic carbocycles. The Morgan fingerprint density at radius 1 is 0.919 bits per heavy atom. The van der Waals surface area contributed by atoms with E-state index in [2.05, 4.69) is 36.8 Å². The molecule has 0 amide bonds. The Morgan fingerprint density at radius 2 is 1.49 bits per heavy atom. The van der Waals surface area contributed by atoms with Crippen LogP contribution in [0.15, 0.2) is 23.8 Å². The first kappa shape index (κ1) is 25.0. The molecule has 4 aromatic rings. The van der Waals surface area contributed by atoms with Crippen molar-refractivity contribution in [2.24, 2.45) is 11.8 Å². The minimum atomic E-state index is -0.369. The number of hydrogen-bond acceptors (Lipinski definition) is 12. The highest BCUT2D eigenvalue weighted by molar-refractivity contribution is 5.81. The third-order valence-corrected chi connectivity index (χ3v) is 6.90. The maximum atomic E-state index is 11.7. The summed E-state index contributed by atoms with van der Waals surface area (Å²) in [5.74, 6) is 0.941. The number of aromatic amines is 1. The molecule has 15 heteroatoms. The molecule has 0 aromatic carbocycles. The van der Waals surface area contributed by atoms with Gasteiger partial charge < -0.3 is 31.2 Å². The lowest BCUT2D eigenvalue weighted by atomic mass is 10.0. The Hall–Kier alpha value is -3.66. The minimum Gasteiger partial charge on any atom is -0.394 e. The number of rotatable bonds is 4. The summed E-state index contributed by atoms with van der Waals surface area (Å²) >= 11 is 0. The van der Waals surface area contributed by atoms with Gasteiger partial charge in [0.1, 0.15) is 24.3 Å². The molecule has 0 bridgehead atoms. The van der Waals surface area contributed by atoms with Crippen molar-refractivity contribution >= 4 is 34.1 Å². The number of aliphatic hydroxyl groups is 2. The third kappa shape index (κ3) is 4.61. The van der Waals surface area contributed by atoms with Crippen molar-refractivity contribution in [2.45, 2.75) is 51.4 Å². The molecule has 2 aliphatic rings. The molecule has 6 rings (SSSR count). The van der Waals surface area contributed by atoms with Gasteiger partial charge in [0.2, 0.25) is 5.95 Å². The van der Waals surface area contributed by atoms with Crippen molar-refractivity contribution in [3.05, 3.63) is 29.3 Å². The van der Waals surface area contributed by atoms with Crippen LogP contribution in [0.3, 0.4) is 0 Å². The van der Waals surface area contributed by atoms with Crippen LogP contribution in [-0.4, -0.2) is 74.7 Å². The summed E-state index contributed by atoms with van der Waals surface area (Å²) in [6.07, 6.45) is 5.36. The number of H-pyrrole nitrogens is 1. The zero-order chi connectivity index (χ0) is 26.3. The molecule has 0 spiro atoms. The van der Waals surface area contributed by atoms with Crippen LogP contribution in [0.2, 0.25) is 0 Å². The molecular formula is C22H30N10O5. The molecule has 2 aliphatic heterocycles. The van der Waals surface area contributed by atoms with Crippen LogP contribution in [0.1, 0.15) is 39.1 Å². The first-order valence-electron chi connectivity index (χ1n) is 12.0. The average molecular weight is 515 g/mol. The van der Waals surface area contributed by atoms with Crippen LogP contribution in [0.4, 0.5) is 11.8 Å². The normalized spacial score (nSPS) is 27.6. The van der Waals surface area contributed by atoms with E-state index in [-0.39, 0.29) is 60.8 Å². The fourth-order valence-electron chi connectivity index (χ4n) is 4.76. The molecule has 2 fully saturated rings. The minimum absolute atomic E-state index is 0.0273. The Morgan fingerprint density at radius 3 is 2.05 bits per heavy atom. The van der Waals surface area contributed by atoms with Crippen molar-refractivity contribution in [1.82, 2.24) is 39.0 Å². The predicted molar refractivity (Wildman–Crippen MR) is 132 cm³/mol. The largest absolute Gasteiger partial charge is 0.394 e. The molecule has 198 valence electrons. The number of ether oxygens (including phenoxy) is 2. The second-order valence-corrected chi connectivity index (χ2v) is 9.41. The second-order valence-electron chi connectivity index (χ2n) is 9.41. The number of nitrogens with one attached hydrogen (secondary N) is 1. The monoisotopic (exact) mass is 514 g/mol. The lowest BCUT2D eigenvalue weighted by Gasteiger charge is -2.13. The van der Waals surface area contributed by atoms with Crippen molar-refractivity contribution in [2.75, 3.05) is 24.7 Å². The first-order chi connectivity index (χ1) is 17.8. The highest BCUT2D eigenvalue weighted by Crippen LogP contribution is 2.35. The van der Waals surface area contributed by atoms with Gasteiger partial charge in [0.25, 0.3) is 5.56 Å². The number of imidazole rings is 2. The molecule has 0 saturated carbocycles. The third-order valence-electron chi connectivity index (χ3n) is 6.90. The van der Waals surface area contributed by atoms with Gasteiger partial charge in [0, 0.05) is 0 Å². The Balaban J connectivity index is 0.000000152. The summed E-state index contributed by atoms with van der Waals surface area (Å²) in [6.45, 7) is 4.07. The van der Waals surface area contributed by atoms with E-state index in [0.29, 0.717) is 28.5 Å². The standard InChI is InChI=1S/C11H15N5O3.C11H15N5O2/c1-5-2-7(19-6(5)3-17)16-4-13-8-9(16)14-11(12)15-10(8)18;1-6-2-8(18-7(6)3-17)16-5-15-9-10(12)13-4-14-11(9)16/h4-7,17H,2-3H2,1H3,(H3,12,14,15,18);4-8,17H,2-3H2,1H3,(H2,12,13,14)/t5-,6-,7-;6-,7-,8-/m11/s1. The number of aromatic nitrogens is 8. The van der Waals surface area contributed by atoms with Gasteiger partial charge in [-0.25, -0.2) is 19.9 Å². The average Bonchev–Trinajstić information content (AvgIpc) is 3.64. The first-order valence-corrected chi connectivity index (χ1v) is 12.0. The van der Waals surface area contributed by atoms with Crippen molar-refractivity contribution in [1.29, 1.82) is 0 Å². The quantitative estimate of drug-likeness (QED) is 0.242. The van der Waals surface area contributed by atoms with Crippen molar-refractivity contribution < 1.29 is 19.7 Å². The van der Waals surface area contributed by atoms with Crippen LogP contribution in [0.25, 0.3) is 22.3 Å². The fraction of sp³-hybridized carbons (Fsp3) is 0.545. The Bertz CT molecular complexity index is 1450. The molecule has 2 saturated heterocycles. The van der Waals surface area contributed by atoms with Gasteiger partial charge >= 0.3 is 0 Å². The van der Waals surface area contributed by atoms with E-state index in [1.54, 1.807) is 10.9 Å². The Labute approximate surface area is 210 Å². The van der Waals surface area contributed by atoms with E-state index < -0.39 is 0 Å². The zero-order valence-electron chi connectivity index (χ0n) is 20.4. The highest BCUT2D eigenvalue weighted by Gasteiger charge is 2.34. The molecular weight excluding hydrogens is 484 g/mol. The number of anilines is 2. The van der Waals surface area contributed by atoms with Crippen LogP contribution >= 0.6 is 0 Å². The number of hydrogen-bond donors (Lipinski definition) is 5. The Kier molecular flexibility index (Phi) is 6.76. The van der Waals surface area contributed by atoms with Crippen molar-refractivity contribution in [3.8, 4) is 0 Å². The summed E-state index contributed by atoms with van der Waals surface area (Å²) in [5.41, 5.74) is 12.8. The highest BCUT2D eigenvalue weighted by atomic mass is 16.5. The van der Waals surface area contributed by atoms with Gasteiger partial charge in [0.15, 0.2) is 22.6 Å². The molecule has 15 nitrogen and oxygen atoms in total. The molecule has 6 atom stereocenters. The van der Waals surface area contributed by atoms with Gasteiger partial charge in [0.05, 0.1) is 38.1 Å². The topological polar surface area (TPSA) is 218 Å². The summed E-state index contributed by atoms with van der Waals surface area (Å²) in [6, 6.07) is 0. The smallest absolute Gasteiger partial charge is 0.280 e. The molecule has 6 heterocycles. The lowest BCUT2D eigenvalue weighted by Crippen LogP contribution is -2.18. The van der Waals surface area contributed by atoms with E-state index in [1.807, 2.05) is 11.5 Å². The van der Waals surface area contributed by atoms with Crippen LogP contribution < -0.4 is 17.0 Å². The zero-order valence-corrected chi connectivity index (χ0v) is 20.4. The van der Waals surface area contributed by atoms with E-state index in [1.165, 1.54) is 12.7 Å². The van der Waals surface area contributed by atoms with E-state index >= 15 is 0 Å². The molecule has 4 aromatic heterocycles. The number of nitrogens with two attached hydrogens (primary N) is 2. The summed E-state index contributed by atoms with van der Waals surface area (Å²) in [4.78, 5) is 34.5. The predicted octanol–water partition coefficient (Wildman–Crippen LogP) is -0.0579. The number of nitrogen functional groups attached to an aromatic ring is 2. The lowest BCUT2D eigenvalue weighted by molar-refractivity contribution is -0.0277. The number of nitrogens with zero attached hydrogens (tertiary/aromatic N) is 7. The summed E-state index contributed by atoms with van der Waals surface area (Å²) in [5, 5.41) is 18.4. The summed E-state index contributed by atoms with van der Waals surface area (Å²) < 4.78 is 15.1. The summed E-state index contributed by atoms with van der Waals surface area (Å²) in [7, 11) is 0. The molecule has 7 N–H and O–H groups in total. The van der Waals surface area contributed by atoms with E-state index in [0.717, 1.165) is 12.8 Å². The van der Waals surface area contributed by atoms with Gasteiger partial charge in [-0.2, -0.15) is 4.98 Å². The van der Waals surface area contributed by atoms with Gasteiger partial charge in [-0.15, -0.1) is 0 Å². The number of aliphatic hydroxyl groups excluding tert-OH is 2.